The molecule has 0 spiro atoms. The van der Waals surface area contributed by atoms with Crippen LogP contribution in [0.15, 0.2) is 18.2 Å². The first kappa shape index (κ1) is 8.48. The maximum absolute atomic E-state index is 13.0. The summed E-state index contributed by atoms with van der Waals surface area (Å²) in [5.41, 5.74) is 5.88. The zero-order valence-electron chi connectivity index (χ0n) is 6.63. The molecule has 0 aliphatic rings. The zero-order valence-corrected chi connectivity index (χ0v) is 7.53. The number of nitrogen functional groups attached to an aromatic ring is 1. The monoisotopic (exact) mass is 171 g/mol. The topological polar surface area (TPSA) is 26.0 Å². The van der Waals surface area contributed by atoms with Crippen LogP contribution in [0.3, 0.4) is 0 Å². The average Bonchev–Trinajstić information content (AvgIpc) is 1.85. The van der Waals surface area contributed by atoms with Crippen LogP contribution >= 0.6 is 7.92 Å². The predicted molar refractivity (Wildman–Crippen MR) is 49.2 cm³/mol. The van der Waals surface area contributed by atoms with Crippen LogP contribution in [0.5, 0.6) is 0 Å². The van der Waals surface area contributed by atoms with Crippen molar-refractivity contribution in [3.8, 4) is 0 Å². The molecular weight excluding hydrogens is 160 g/mol. The molecule has 60 valence electrons. The molecular formula is C8H11FNP. The second-order valence-electron chi connectivity index (χ2n) is 2.61. The van der Waals surface area contributed by atoms with Crippen molar-refractivity contribution in [3.05, 3.63) is 24.0 Å². The van der Waals surface area contributed by atoms with Gasteiger partial charge in [0.05, 0.1) is 0 Å². The molecule has 1 aromatic carbocycles. The van der Waals surface area contributed by atoms with E-state index in [-0.39, 0.29) is 13.7 Å². The molecule has 0 saturated carbocycles. The molecule has 0 radical (unpaired) electrons. The number of benzene rings is 1. The van der Waals surface area contributed by atoms with E-state index in [0.717, 1.165) is 5.30 Å². The first-order valence-electron chi connectivity index (χ1n) is 3.33. The van der Waals surface area contributed by atoms with Gasteiger partial charge in [-0.05, 0) is 31.5 Å². The highest BCUT2D eigenvalue weighted by atomic mass is 31.1. The third-order valence-electron chi connectivity index (χ3n) is 1.45. The number of halogens is 1. The lowest BCUT2D eigenvalue weighted by Gasteiger charge is -2.06. The first-order chi connectivity index (χ1) is 5.11. The Morgan fingerprint density at radius 2 is 2.00 bits per heavy atom. The van der Waals surface area contributed by atoms with Gasteiger partial charge in [0.25, 0.3) is 0 Å². The third kappa shape index (κ3) is 1.90. The normalized spacial score (nSPS) is 10.5. The van der Waals surface area contributed by atoms with Gasteiger partial charge < -0.3 is 5.73 Å². The summed E-state index contributed by atoms with van der Waals surface area (Å²) in [7, 11) is -0.359. The van der Waals surface area contributed by atoms with Gasteiger partial charge in [0.15, 0.2) is 0 Å². The molecule has 1 aromatic rings. The largest absolute Gasteiger partial charge is 0.399 e. The van der Waals surface area contributed by atoms with E-state index in [1.807, 2.05) is 13.3 Å². The summed E-state index contributed by atoms with van der Waals surface area (Å²) in [6, 6.07) is 4.87. The molecule has 0 unspecified atom stereocenters. The predicted octanol–water partition coefficient (Wildman–Crippen LogP) is 1.77. The second-order valence-corrected chi connectivity index (χ2v) is 4.88. The van der Waals surface area contributed by atoms with E-state index in [9.17, 15) is 4.39 Å². The highest BCUT2D eigenvalue weighted by molar-refractivity contribution is 7.64. The third-order valence-corrected chi connectivity index (χ3v) is 2.78. The van der Waals surface area contributed by atoms with E-state index in [4.69, 9.17) is 5.73 Å². The number of anilines is 1. The second kappa shape index (κ2) is 3.19. The standard InChI is InChI=1S/C8H11FNP/c1-11(2)8-4-3-6(10)5-7(8)9/h3-5H,10H2,1-2H3. The van der Waals surface area contributed by atoms with Crippen LogP contribution in [0, 0.1) is 5.82 Å². The Kier molecular flexibility index (Phi) is 2.45. The van der Waals surface area contributed by atoms with Gasteiger partial charge in [-0.2, -0.15) is 0 Å². The lowest BCUT2D eigenvalue weighted by Crippen LogP contribution is -2.05. The van der Waals surface area contributed by atoms with Gasteiger partial charge in [0.2, 0.25) is 0 Å². The van der Waals surface area contributed by atoms with Crippen molar-refractivity contribution < 1.29 is 4.39 Å². The van der Waals surface area contributed by atoms with Gasteiger partial charge in [-0.3, -0.25) is 0 Å². The van der Waals surface area contributed by atoms with Gasteiger partial charge in [-0.15, -0.1) is 0 Å². The van der Waals surface area contributed by atoms with Crippen LogP contribution in [0.2, 0.25) is 0 Å². The fourth-order valence-corrected chi connectivity index (χ4v) is 1.75. The molecule has 3 heteroatoms. The van der Waals surface area contributed by atoms with Crippen LogP contribution in [0.1, 0.15) is 0 Å². The number of hydrogen-bond acceptors (Lipinski definition) is 1. The fraction of sp³-hybridized carbons (Fsp3) is 0.250. The highest BCUT2D eigenvalue weighted by Crippen LogP contribution is 2.25. The van der Waals surface area contributed by atoms with Gasteiger partial charge >= 0.3 is 0 Å². The van der Waals surface area contributed by atoms with E-state index in [1.54, 1.807) is 12.1 Å². The summed E-state index contributed by atoms with van der Waals surface area (Å²) in [4.78, 5) is 0. The van der Waals surface area contributed by atoms with Crippen molar-refractivity contribution in [2.24, 2.45) is 0 Å². The van der Waals surface area contributed by atoms with E-state index in [2.05, 4.69) is 0 Å². The van der Waals surface area contributed by atoms with Gasteiger partial charge in [0.1, 0.15) is 5.82 Å². The first-order valence-corrected chi connectivity index (χ1v) is 5.57. The molecule has 1 rings (SSSR count). The molecule has 0 saturated heterocycles. The molecule has 0 heterocycles. The van der Waals surface area contributed by atoms with Crippen LogP contribution in [-0.4, -0.2) is 13.3 Å². The number of nitrogens with two attached hydrogens (primary N) is 1. The Labute approximate surface area is 67.2 Å². The SMILES string of the molecule is CP(C)c1ccc(N)cc1F. The molecule has 0 aromatic heterocycles. The summed E-state index contributed by atoms with van der Waals surface area (Å²) in [5, 5.41) is 0.786. The van der Waals surface area contributed by atoms with E-state index < -0.39 is 0 Å². The van der Waals surface area contributed by atoms with Gasteiger partial charge in [-0.25, -0.2) is 4.39 Å². The zero-order chi connectivity index (χ0) is 8.43. The number of rotatable bonds is 1. The van der Waals surface area contributed by atoms with Crippen molar-refractivity contribution in [3.63, 3.8) is 0 Å². The minimum Gasteiger partial charge on any atom is -0.399 e. The summed E-state index contributed by atoms with van der Waals surface area (Å²) < 4.78 is 13.0. The maximum Gasteiger partial charge on any atom is 0.132 e. The molecule has 0 amide bonds. The molecule has 0 aliphatic heterocycles. The van der Waals surface area contributed by atoms with E-state index in [1.165, 1.54) is 6.07 Å². The van der Waals surface area contributed by atoms with Crippen LogP contribution in [0.4, 0.5) is 10.1 Å². The van der Waals surface area contributed by atoms with Gasteiger partial charge in [0, 0.05) is 11.0 Å². The Bertz CT molecular complexity index is 260. The summed E-state index contributed by atoms with van der Waals surface area (Å²) in [6.07, 6.45) is 0. The molecule has 0 aliphatic carbocycles. The number of hydrogen-bond donors (Lipinski definition) is 1. The van der Waals surface area contributed by atoms with Crippen molar-refractivity contribution in [2.75, 3.05) is 19.1 Å². The Morgan fingerprint density at radius 1 is 1.36 bits per heavy atom. The summed E-state index contributed by atoms with van der Waals surface area (Å²) in [6.45, 7) is 4.04. The van der Waals surface area contributed by atoms with Crippen LogP contribution in [-0.2, 0) is 0 Å². The fourth-order valence-electron chi connectivity index (χ4n) is 0.886. The molecule has 11 heavy (non-hydrogen) atoms. The lowest BCUT2D eigenvalue weighted by atomic mass is 10.3. The lowest BCUT2D eigenvalue weighted by molar-refractivity contribution is 0.637. The molecule has 0 bridgehead atoms. The quantitative estimate of drug-likeness (QED) is 0.505. The van der Waals surface area contributed by atoms with Crippen molar-refractivity contribution in [1.29, 1.82) is 0 Å². The Morgan fingerprint density at radius 3 is 2.45 bits per heavy atom. The van der Waals surface area contributed by atoms with Crippen molar-refractivity contribution in [2.45, 2.75) is 0 Å². The molecule has 0 atom stereocenters. The van der Waals surface area contributed by atoms with E-state index in [0.29, 0.717) is 5.69 Å². The highest BCUT2D eigenvalue weighted by Gasteiger charge is 2.04. The summed E-state index contributed by atoms with van der Waals surface area (Å²) >= 11 is 0. The smallest absolute Gasteiger partial charge is 0.132 e. The maximum atomic E-state index is 13.0. The van der Waals surface area contributed by atoms with Crippen molar-refractivity contribution >= 4 is 18.9 Å². The Hall–Kier alpha value is -0.620. The van der Waals surface area contributed by atoms with Crippen LogP contribution in [0.25, 0.3) is 0 Å². The summed E-state index contributed by atoms with van der Waals surface area (Å²) in [5.74, 6) is -0.180. The van der Waals surface area contributed by atoms with Crippen LogP contribution < -0.4 is 11.0 Å². The minimum atomic E-state index is -0.359. The minimum absolute atomic E-state index is 0.180. The molecule has 2 N–H and O–H groups in total. The van der Waals surface area contributed by atoms with Crippen molar-refractivity contribution in [1.82, 2.24) is 0 Å². The Balaban J connectivity index is 3.09. The molecule has 0 fully saturated rings. The van der Waals surface area contributed by atoms with E-state index >= 15 is 0 Å². The van der Waals surface area contributed by atoms with Gasteiger partial charge in [-0.1, -0.05) is 7.92 Å². The molecule has 1 nitrogen and oxygen atoms in total. The average molecular weight is 171 g/mol.